The maximum Gasteiger partial charge on any atom is 0.203 e. The van der Waals surface area contributed by atoms with Crippen molar-refractivity contribution in [1.29, 1.82) is 0 Å². The van der Waals surface area contributed by atoms with E-state index in [0.717, 1.165) is 10.4 Å². The summed E-state index contributed by atoms with van der Waals surface area (Å²) in [5, 5.41) is 3.59. The fourth-order valence-corrected chi connectivity index (χ4v) is 3.33. The fraction of sp³-hybridized carbons (Fsp3) is 0.438. The smallest absolute Gasteiger partial charge is 0.203 e. The molecule has 0 bridgehead atoms. The molecule has 3 nitrogen and oxygen atoms in total. The van der Waals surface area contributed by atoms with Crippen LogP contribution in [-0.2, 0) is 0 Å². The van der Waals surface area contributed by atoms with Crippen LogP contribution in [0.2, 0.25) is 0 Å². The summed E-state index contributed by atoms with van der Waals surface area (Å²) in [4.78, 5) is 4.49. The topological polar surface area (TPSA) is 29.9 Å². The Hall–Kier alpha value is -1.29. The van der Waals surface area contributed by atoms with E-state index in [9.17, 15) is 0 Å². The Morgan fingerprint density at radius 2 is 2.15 bits per heavy atom. The molecule has 1 aliphatic carbocycles. The number of hydrogen-bond donors (Lipinski definition) is 1. The van der Waals surface area contributed by atoms with E-state index in [1.807, 2.05) is 6.20 Å². The summed E-state index contributed by atoms with van der Waals surface area (Å²) >= 11 is 3.54. The van der Waals surface area contributed by atoms with E-state index in [1.165, 1.54) is 31.2 Å². The maximum atomic E-state index is 4.49. The van der Waals surface area contributed by atoms with E-state index >= 15 is 0 Å². The Balaban J connectivity index is 1.81. The first-order valence-corrected chi connectivity index (χ1v) is 8.08. The second kappa shape index (κ2) is 6.00. The summed E-state index contributed by atoms with van der Waals surface area (Å²) in [6.45, 7) is 2.21. The van der Waals surface area contributed by atoms with Gasteiger partial charge in [0, 0.05) is 22.9 Å². The number of anilines is 1. The van der Waals surface area contributed by atoms with Crippen LogP contribution >= 0.6 is 15.9 Å². The van der Waals surface area contributed by atoms with Gasteiger partial charge in [0.15, 0.2) is 0 Å². The van der Waals surface area contributed by atoms with E-state index in [0.29, 0.717) is 6.04 Å². The Morgan fingerprint density at radius 1 is 1.35 bits per heavy atom. The third-order valence-electron chi connectivity index (χ3n) is 4.11. The van der Waals surface area contributed by atoms with Gasteiger partial charge in [-0.05, 0) is 37.5 Å². The molecule has 1 fully saturated rings. The van der Waals surface area contributed by atoms with Crippen molar-refractivity contribution in [2.24, 2.45) is 0 Å². The van der Waals surface area contributed by atoms with Crippen molar-refractivity contribution in [3.8, 4) is 0 Å². The van der Waals surface area contributed by atoms with E-state index in [2.05, 4.69) is 68.2 Å². The third kappa shape index (κ3) is 2.90. The lowest BCUT2D eigenvalue weighted by Gasteiger charge is -2.20. The molecular formula is C16H20BrN3. The lowest BCUT2D eigenvalue weighted by atomic mass is 10.1. The number of benzene rings is 1. The normalized spacial score (nSPS) is 17.3. The SMILES string of the molecule is CC(c1cccc(Br)c1)n1ccnc1NC1CCCC1. The maximum absolute atomic E-state index is 4.49. The number of imidazole rings is 1. The molecular weight excluding hydrogens is 314 g/mol. The molecule has 2 aromatic rings. The van der Waals surface area contributed by atoms with Gasteiger partial charge in [0.05, 0.1) is 6.04 Å². The summed E-state index contributed by atoms with van der Waals surface area (Å²) in [6, 6.07) is 9.34. The van der Waals surface area contributed by atoms with Gasteiger partial charge in [-0.15, -0.1) is 0 Å². The van der Waals surface area contributed by atoms with E-state index < -0.39 is 0 Å². The summed E-state index contributed by atoms with van der Waals surface area (Å²) in [5.41, 5.74) is 1.28. The molecule has 0 aliphatic heterocycles. The molecule has 0 saturated heterocycles. The first-order valence-electron chi connectivity index (χ1n) is 7.29. The number of aromatic nitrogens is 2. The standard InChI is InChI=1S/C16H20BrN3/c1-12(13-5-4-6-14(17)11-13)20-10-9-18-16(20)19-15-7-2-3-8-15/h4-6,9-12,15H,2-3,7-8H2,1H3,(H,18,19). The molecule has 4 heteroatoms. The number of hydrogen-bond acceptors (Lipinski definition) is 2. The molecule has 1 aromatic carbocycles. The molecule has 0 amide bonds. The first-order chi connectivity index (χ1) is 9.74. The van der Waals surface area contributed by atoms with Crippen molar-refractivity contribution in [2.45, 2.75) is 44.7 Å². The van der Waals surface area contributed by atoms with E-state index in [-0.39, 0.29) is 6.04 Å². The van der Waals surface area contributed by atoms with Crippen molar-refractivity contribution in [3.63, 3.8) is 0 Å². The van der Waals surface area contributed by atoms with E-state index in [1.54, 1.807) is 0 Å². The van der Waals surface area contributed by atoms with Gasteiger partial charge in [-0.2, -0.15) is 0 Å². The molecule has 1 unspecified atom stereocenters. The summed E-state index contributed by atoms with van der Waals surface area (Å²) in [7, 11) is 0. The van der Waals surface area contributed by atoms with Crippen molar-refractivity contribution in [3.05, 3.63) is 46.7 Å². The quantitative estimate of drug-likeness (QED) is 0.885. The Morgan fingerprint density at radius 3 is 2.90 bits per heavy atom. The average Bonchev–Trinajstić information content (AvgIpc) is 3.10. The monoisotopic (exact) mass is 333 g/mol. The highest BCUT2D eigenvalue weighted by molar-refractivity contribution is 9.10. The highest BCUT2D eigenvalue weighted by atomic mass is 79.9. The van der Waals surface area contributed by atoms with Crippen LogP contribution in [-0.4, -0.2) is 15.6 Å². The van der Waals surface area contributed by atoms with Gasteiger partial charge < -0.3 is 9.88 Å². The van der Waals surface area contributed by atoms with Crippen LogP contribution in [0.25, 0.3) is 0 Å². The molecule has 106 valence electrons. The van der Waals surface area contributed by atoms with Gasteiger partial charge in [0.2, 0.25) is 5.95 Å². The number of rotatable bonds is 4. The number of nitrogens with zero attached hydrogens (tertiary/aromatic N) is 2. The van der Waals surface area contributed by atoms with Gasteiger partial charge >= 0.3 is 0 Å². The lowest BCUT2D eigenvalue weighted by molar-refractivity contribution is 0.630. The molecule has 20 heavy (non-hydrogen) atoms. The number of nitrogens with one attached hydrogen (secondary N) is 1. The predicted octanol–water partition coefficient (Wildman–Crippen LogP) is 4.61. The van der Waals surface area contributed by atoms with Crippen LogP contribution in [0.15, 0.2) is 41.1 Å². The van der Waals surface area contributed by atoms with Crippen LogP contribution in [0.1, 0.15) is 44.2 Å². The van der Waals surface area contributed by atoms with Crippen LogP contribution in [0.3, 0.4) is 0 Å². The van der Waals surface area contributed by atoms with Crippen molar-refractivity contribution in [1.82, 2.24) is 9.55 Å². The largest absolute Gasteiger partial charge is 0.353 e. The first kappa shape index (κ1) is 13.7. The Kier molecular flexibility index (Phi) is 4.10. The zero-order chi connectivity index (χ0) is 13.9. The highest BCUT2D eigenvalue weighted by Gasteiger charge is 2.18. The molecule has 1 aliphatic rings. The predicted molar refractivity (Wildman–Crippen MR) is 86.1 cm³/mol. The van der Waals surface area contributed by atoms with Crippen molar-refractivity contribution in [2.75, 3.05) is 5.32 Å². The molecule has 1 heterocycles. The lowest BCUT2D eigenvalue weighted by Crippen LogP contribution is -2.19. The van der Waals surface area contributed by atoms with Crippen LogP contribution in [0, 0.1) is 0 Å². The molecule has 1 saturated carbocycles. The minimum atomic E-state index is 0.277. The van der Waals surface area contributed by atoms with Gasteiger partial charge in [0.25, 0.3) is 0 Å². The average molecular weight is 334 g/mol. The molecule has 1 atom stereocenters. The van der Waals surface area contributed by atoms with Gasteiger partial charge in [-0.3, -0.25) is 0 Å². The van der Waals surface area contributed by atoms with Crippen LogP contribution < -0.4 is 5.32 Å². The summed E-state index contributed by atoms with van der Waals surface area (Å²) in [6.07, 6.45) is 9.13. The fourth-order valence-electron chi connectivity index (χ4n) is 2.92. The van der Waals surface area contributed by atoms with Gasteiger partial charge in [-0.1, -0.05) is 40.9 Å². The number of halogens is 1. The van der Waals surface area contributed by atoms with Gasteiger partial charge in [0.1, 0.15) is 0 Å². The Bertz CT molecular complexity index is 573. The van der Waals surface area contributed by atoms with Crippen molar-refractivity contribution >= 4 is 21.9 Å². The zero-order valence-corrected chi connectivity index (χ0v) is 13.3. The highest BCUT2D eigenvalue weighted by Crippen LogP contribution is 2.26. The van der Waals surface area contributed by atoms with Crippen LogP contribution in [0.5, 0.6) is 0 Å². The molecule has 0 spiro atoms. The minimum absolute atomic E-state index is 0.277. The molecule has 1 N–H and O–H groups in total. The zero-order valence-electron chi connectivity index (χ0n) is 11.7. The second-order valence-electron chi connectivity index (χ2n) is 5.51. The summed E-state index contributed by atoms with van der Waals surface area (Å²) in [5.74, 6) is 0.990. The Labute approximate surface area is 128 Å². The van der Waals surface area contributed by atoms with Gasteiger partial charge in [-0.25, -0.2) is 4.98 Å². The second-order valence-corrected chi connectivity index (χ2v) is 6.43. The molecule has 1 aromatic heterocycles. The van der Waals surface area contributed by atoms with Crippen molar-refractivity contribution < 1.29 is 0 Å². The molecule has 0 radical (unpaired) electrons. The summed E-state index contributed by atoms with van der Waals surface area (Å²) < 4.78 is 3.34. The third-order valence-corrected chi connectivity index (χ3v) is 4.60. The van der Waals surface area contributed by atoms with Crippen LogP contribution in [0.4, 0.5) is 5.95 Å². The molecule has 3 rings (SSSR count). The minimum Gasteiger partial charge on any atom is -0.353 e. The van der Waals surface area contributed by atoms with E-state index in [4.69, 9.17) is 0 Å².